The van der Waals surface area contributed by atoms with Crippen LogP contribution in [0.2, 0.25) is 0 Å². The van der Waals surface area contributed by atoms with E-state index in [0.717, 1.165) is 25.8 Å². The fraction of sp³-hybridized carbons (Fsp3) is 0.571. The van der Waals surface area contributed by atoms with Crippen molar-refractivity contribution >= 4 is 11.7 Å². The molecule has 6 nitrogen and oxygen atoms in total. The highest BCUT2D eigenvalue weighted by Gasteiger charge is 2.24. The predicted molar refractivity (Wildman–Crippen MR) is 75.0 cm³/mol. The third kappa shape index (κ3) is 3.44. The molecule has 1 N–H and O–H groups in total. The van der Waals surface area contributed by atoms with Gasteiger partial charge in [0, 0.05) is 37.9 Å². The molecule has 0 aliphatic carbocycles. The minimum atomic E-state index is 0.0963. The molecular formula is C14H19N5O. The lowest BCUT2D eigenvalue weighted by Gasteiger charge is -2.34. The summed E-state index contributed by atoms with van der Waals surface area (Å²) >= 11 is 0. The van der Waals surface area contributed by atoms with Crippen molar-refractivity contribution in [2.75, 3.05) is 18.0 Å². The van der Waals surface area contributed by atoms with Gasteiger partial charge in [0.05, 0.1) is 0 Å². The summed E-state index contributed by atoms with van der Waals surface area (Å²) in [5.74, 6) is 0.712. The molecule has 2 rings (SSSR count). The number of hydrogen-bond acceptors (Lipinski definition) is 5. The van der Waals surface area contributed by atoms with Crippen LogP contribution >= 0.6 is 0 Å². The maximum absolute atomic E-state index is 11.7. The van der Waals surface area contributed by atoms with Gasteiger partial charge in [-0.15, -0.1) is 0 Å². The highest BCUT2D eigenvalue weighted by atomic mass is 16.1. The quantitative estimate of drug-likeness (QED) is 0.892. The molecule has 1 aliphatic heterocycles. The number of carbonyl (C=O) groups is 1. The van der Waals surface area contributed by atoms with E-state index in [0.29, 0.717) is 24.5 Å². The minimum Gasteiger partial charge on any atom is -0.352 e. The van der Waals surface area contributed by atoms with Crippen molar-refractivity contribution < 1.29 is 4.79 Å². The normalized spacial score (nSPS) is 18.4. The Balaban J connectivity index is 2.03. The molecule has 1 unspecified atom stereocenters. The second kappa shape index (κ2) is 6.85. The van der Waals surface area contributed by atoms with Crippen LogP contribution in [-0.2, 0) is 4.79 Å². The van der Waals surface area contributed by atoms with Crippen LogP contribution in [0, 0.1) is 11.3 Å². The summed E-state index contributed by atoms with van der Waals surface area (Å²) in [6.45, 7) is 3.52. The highest BCUT2D eigenvalue weighted by Crippen LogP contribution is 2.19. The van der Waals surface area contributed by atoms with E-state index >= 15 is 0 Å². The zero-order valence-electron chi connectivity index (χ0n) is 11.7. The summed E-state index contributed by atoms with van der Waals surface area (Å²) in [4.78, 5) is 22.0. The topological polar surface area (TPSA) is 81.9 Å². The Kier molecular flexibility index (Phi) is 4.88. The average Bonchev–Trinajstić information content (AvgIpc) is 2.47. The van der Waals surface area contributed by atoms with E-state index in [2.05, 4.69) is 21.4 Å². The number of anilines is 1. The molecule has 0 radical (unpaired) electrons. The summed E-state index contributed by atoms with van der Waals surface area (Å²) in [6.07, 6.45) is 6.46. The van der Waals surface area contributed by atoms with E-state index in [4.69, 9.17) is 5.26 Å². The first-order valence-corrected chi connectivity index (χ1v) is 7.00. The third-order valence-corrected chi connectivity index (χ3v) is 3.35. The van der Waals surface area contributed by atoms with Gasteiger partial charge in [0.1, 0.15) is 6.07 Å². The third-order valence-electron chi connectivity index (χ3n) is 3.35. The number of piperidine rings is 1. The SMILES string of the molecule is CCCC(=O)NC1CCCN(c2nccnc2C#N)C1. The molecule has 1 amide bonds. The molecule has 2 heterocycles. The molecule has 0 saturated carbocycles. The maximum Gasteiger partial charge on any atom is 0.220 e. The van der Waals surface area contributed by atoms with Crippen LogP contribution in [0.5, 0.6) is 0 Å². The number of carbonyl (C=O) groups excluding carboxylic acids is 1. The number of rotatable bonds is 4. The van der Waals surface area contributed by atoms with Crippen molar-refractivity contribution in [1.82, 2.24) is 15.3 Å². The molecule has 1 atom stereocenters. The fourth-order valence-corrected chi connectivity index (χ4v) is 2.46. The van der Waals surface area contributed by atoms with Crippen molar-refractivity contribution in [3.05, 3.63) is 18.1 Å². The molecule has 0 bridgehead atoms. The van der Waals surface area contributed by atoms with Gasteiger partial charge >= 0.3 is 0 Å². The van der Waals surface area contributed by atoms with Crippen LogP contribution < -0.4 is 10.2 Å². The van der Waals surface area contributed by atoms with Gasteiger partial charge in [0.25, 0.3) is 0 Å². The van der Waals surface area contributed by atoms with Crippen LogP contribution in [0.4, 0.5) is 5.82 Å². The molecule has 1 aromatic rings. The number of nitrogens with one attached hydrogen (secondary N) is 1. The first-order chi connectivity index (χ1) is 9.74. The Labute approximate surface area is 118 Å². The summed E-state index contributed by atoms with van der Waals surface area (Å²) in [5, 5.41) is 12.1. The van der Waals surface area contributed by atoms with Gasteiger partial charge in [-0.25, -0.2) is 9.97 Å². The Morgan fingerprint density at radius 1 is 1.55 bits per heavy atom. The Morgan fingerprint density at radius 2 is 2.35 bits per heavy atom. The first kappa shape index (κ1) is 14.3. The van der Waals surface area contributed by atoms with Crippen LogP contribution in [0.15, 0.2) is 12.4 Å². The average molecular weight is 273 g/mol. The van der Waals surface area contributed by atoms with E-state index in [9.17, 15) is 4.79 Å². The Morgan fingerprint density at radius 3 is 3.10 bits per heavy atom. The van der Waals surface area contributed by atoms with E-state index in [1.54, 1.807) is 6.20 Å². The Bertz CT molecular complexity index is 511. The molecule has 0 aromatic carbocycles. The van der Waals surface area contributed by atoms with Crippen LogP contribution in [0.25, 0.3) is 0 Å². The summed E-state index contributed by atoms with van der Waals surface area (Å²) < 4.78 is 0. The van der Waals surface area contributed by atoms with Gasteiger partial charge in [-0.3, -0.25) is 4.79 Å². The van der Waals surface area contributed by atoms with Gasteiger partial charge in [-0.1, -0.05) is 6.92 Å². The highest BCUT2D eigenvalue weighted by molar-refractivity contribution is 5.76. The number of amides is 1. The molecule has 0 spiro atoms. The molecule has 6 heteroatoms. The minimum absolute atomic E-state index is 0.0963. The van der Waals surface area contributed by atoms with Crippen molar-refractivity contribution in [1.29, 1.82) is 5.26 Å². The second-order valence-corrected chi connectivity index (χ2v) is 4.94. The summed E-state index contributed by atoms with van der Waals surface area (Å²) in [5.41, 5.74) is 0.341. The van der Waals surface area contributed by atoms with Crippen molar-refractivity contribution in [3.63, 3.8) is 0 Å². The van der Waals surface area contributed by atoms with Gasteiger partial charge < -0.3 is 10.2 Å². The fourth-order valence-electron chi connectivity index (χ4n) is 2.46. The standard InChI is InChI=1S/C14H19N5O/c1-2-4-13(20)18-11-5-3-8-19(10-11)14-12(9-15)16-6-7-17-14/h6-7,11H,2-5,8,10H2,1H3,(H,18,20). The number of nitriles is 1. The first-order valence-electron chi connectivity index (χ1n) is 7.00. The zero-order valence-corrected chi connectivity index (χ0v) is 11.7. The van der Waals surface area contributed by atoms with Crippen LogP contribution in [0.1, 0.15) is 38.3 Å². The van der Waals surface area contributed by atoms with E-state index < -0.39 is 0 Å². The summed E-state index contributed by atoms with van der Waals surface area (Å²) in [6, 6.07) is 2.19. The van der Waals surface area contributed by atoms with Gasteiger partial charge in [-0.2, -0.15) is 5.26 Å². The molecule has 1 aliphatic rings. The molecule has 20 heavy (non-hydrogen) atoms. The monoisotopic (exact) mass is 273 g/mol. The van der Waals surface area contributed by atoms with Crippen LogP contribution in [0.3, 0.4) is 0 Å². The van der Waals surface area contributed by atoms with Crippen molar-refractivity contribution in [2.24, 2.45) is 0 Å². The molecule has 106 valence electrons. The van der Waals surface area contributed by atoms with Gasteiger partial charge in [-0.05, 0) is 19.3 Å². The molecule has 1 aromatic heterocycles. The van der Waals surface area contributed by atoms with E-state index in [1.807, 2.05) is 11.8 Å². The second-order valence-electron chi connectivity index (χ2n) is 4.94. The lowest BCUT2D eigenvalue weighted by Crippen LogP contribution is -2.48. The van der Waals surface area contributed by atoms with Crippen molar-refractivity contribution in [2.45, 2.75) is 38.6 Å². The molecular weight excluding hydrogens is 254 g/mol. The van der Waals surface area contributed by atoms with Gasteiger partial charge in [0.2, 0.25) is 5.91 Å². The lowest BCUT2D eigenvalue weighted by molar-refractivity contribution is -0.121. The lowest BCUT2D eigenvalue weighted by atomic mass is 10.1. The Hall–Kier alpha value is -2.16. The predicted octanol–water partition coefficient (Wildman–Crippen LogP) is 1.23. The number of hydrogen-bond donors (Lipinski definition) is 1. The molecule has 1 saturated heterocycles. The maximum atomic E-state index is 11.7. The largest absolute Gasteiger partial charge is 0.352 e. The van der Waals surface area contributed by atoms with Crippen LogP contribution in [-0.4, -0.2) is 35.0 Å². The number of aromatic nitrogens is 2. The number of nitrogens with zero attached hydrogens (tertiary/aromatic N) is 4. The summed E-state index contributed by atoms with van der Waals surface area (Å²) in [7, 11) is 0. The smallest absolute Gasteiger partial charge is 0.220 e. The zero-order chi connectivity index (χ0) is 14.4. The van der Waals surface area contributed by atoms with Gasteiger partial charge in [0.15, 0.2) is 11.5 Å². The van der Waals surface area contributed by atoms with E-state index in [1.165, 1.54) is 6.20 Å². The molecule has 1 fully saturated rings. The van der Waals surface area contributed by atoms with E-state index in [-0.39, 0.29) is 11.9 Å². The van der Waals surface area contributed by atoms with Crippen molar-refractivity contribution in [3.8, 4) is 6.07 Å².